The smallest absolute Gasteiger partial charge is 0.410 e. The number of aryl methyl sites for hydroxylation is 1. The van der Waals surface area contributed by atoms with Gasteiger partial charge in [0.05, 0.1) is 0 Å². The maximum atomic E-state index is 12.2. The summed E-state index contributed by atoms with van der Waals surface area (Å²) in [5, 5.41) is 2.89. The second kappa shape index (κ2) is 5.18. The Morgan fingerprint density at radius 1 is 1.23 bits per heavy atom. The molecule has 2 aliphatic heterocycles. The van der Waals surface area contributed by atoms with Crippen LogP contribution in [0.25, 0.3) is 0 Å². The molecule has 0 bridgehead atoms. The van der Waals surface area contributed by atoms with Crippen LogP contribution in [0.15, 0.2) is 10.9 Å². The third-order valence-corrected chi connectivity index (χ3v) is 4.76. The van der Waals surface area contributed by atoms with Gasteiger partial charge in [-0.25, -0.2) is 4.79 Å². The molecule has 6 nitrogen and oxygen atoms in total. The van der Waals surface area contributed by atoms with Crippen LogP contribution < -0.4 is 5.56 Å². The molecule has 0 aromatic carbocycles. The van der Waals surface area contributed by atoms with Crippen LogP contribution in [0.2, 0.25) is 0 Å². The van der Waals surface area contributed by atoms with Crippen LogP contribution in [0.5, 0.6) is 0 Å². The van der Waals surface area contributed by atoms with E-state index < -0.39 is 5.60 Å². The Kier molecular flexibility index (Phi) is 3.57. The zero-order chi connectivity index (χ0) is 16.0. The third-order valence-electron chi connectivity index (χ3n) is 4.76. The summed E-state index contributed by atoms with van der Waals surface area (Å²) in [7, 11) is 0. The van der Waals surface area contributed by atoms with Gasteiger partial charge in [-0.15, -0.1) is 0 Å². The molecule has 3 rings (SSSR count). The molecule has 1 amide bonds. The number of aromatic amines is 1. The van der Waals surface area contributed by atoms with Crippen molar-refractivity contribution in [1.29, 1.82) is 0 Å². The highest BCUT2D eigenvalue weighted by molar-refractivity contribution is 5.68. The zero-order valence-electron chi connectivity index (χ0n) is 13.6. The maximum Gasteiger partial charge on any atom is 0.410 e. The van der Waals surface area contributed by atoms with Crippen LogP contribution in [0, 0.1) is 0 Å². The number of amides is 1. The molecular formula is C16H25N3O3. The summed E-state index contributed by atoms with van der Waals surface area (Å²) in [6.07, 6.45) is 3.72. The number of piperidine rings is 1. The lowest BCUT2D eigenvalue weighted by Crippen LogP contribution is -2.48. The Morgan fingerprint density at radius 3 is 2.55 bits per heavy atom. The van der Waals surface area contributed by atoms with E-state index in [9.17, 15) is 9.59 Å². The molecule has 6 heteroatoms. The SMILES string of the molecule is CC(C)(C)OC(=O)N1CCC2(CCCn3[nH]c(=O)cc32)CC1. The maximum absolute atomic E-state index is 12.2. The van der Waals surface area contributed by atoms with Gasteiger partial charge >= 0.3 is 6.09 Å². The number of aromatic nitrogens is 2. The quantitative estimate of drug-likeness (QED) is 0.799. The average molecular weight is 307 g/mol. The molecule has 2 aliphatic rings. The molecule has 1 aromatic heterocycles. The van der Waals surface area contributed by atoms with Crippen LogP contribution in [0.4, 0.5) is 4.79 Å². The first-order valence-electron chi connectivity index (χ1n) is 8.07. The molecule has 0 atom stereocenters. The minimum absolute atomic E-state index is 0.0224. The number of hydrogen-bond donors (Lipinski definition) is 1. The average Bonchev–Trinajstić information content (AvgIpc) is 2.80. The lowest BCUT2D eigenvalue weighted by Gasteiger charge is -2.44. The van der Waals surface area contributed by atoms with E-state index in [-0.39, 0.29) is 17.1 Å². The normalized spacial score (nSPS) is 20.8. The summed E-state index contributed by atoms with van der Waals surface area (Å²) in [6, 6.07) is 1.74. The van der Waals surface area contributed by atoms with E-state index in [2.05, 4.69) is 5.10 Å². The molecule has 0 unspecified atom stereocenters. The number of likely N-dealkylation sites (tertiary alicyclic amines) is 1. The minimum Gasteiger partial charge on any atom is -0.444 e. The fraction of sp³-hybridized carbons (Fsp3) is 0.750. The number of carbonyl (C=O) groups excluding carboxylic acids is 1. The topological polar surface area (TPSA) is 67.3 Å². The van der Waals surface area contributed by atoms with Gasteiger partial charge in [0.25, 0.3) is 5.56 Å². The Labute approximate surface area is 130 Å². The van der Waals surface area contributed by atoms with Gasteiger partial charge in [-0.3, -0.25) is 14.6 Å². The zero-order valence-corrected chi connectivity index (χ0v) is 13.6. The van der Waals surface area contributed by atoms with Crippen molar-refractivity contribution < 1.29 is 9.53 Å². The fourth-order valence-electron chi connectivity index (χ4n) is 3.70. The first-order chi connectivity index (χ1) is 10.3. The van der Waals surface area contributed by atoms with E-state index in [1.165, 1.54) is 0 Å². The molecule has 22 heavy (non-hydrogen) atoms. The predicted molar refractivity (Wildman–Crippen MR) is 83.0 cm³/mol. The van der Waals surface area contributed by atoms with Gasteiger partial charge in [0.15, 0.2) is 0 Å². The molecule has 1 fully saturated rings. The van der Waals surface area contributed by atoms with Crippen molar-refractivity contribution in [2.45, 2.75) is 64.0 Å². The number of rotatable bonds is 0. The summed E-state index contributed by atoms with van der Waals surface area (Å²) < 4.78 is 7.45. The Balaban J connectivity index is 1.72. The van der Waals surface area contributed by atoms with Crippen molar-refractivity contribution in [1.82, 2.24) is 14.7 Å². The summed E-state index contributed by atoms with van der Waals surface area (Å²) in [5.41, 5.74) is 0.673. The van der Waals surface area contributed by atoms with Crippen molar-refractivity contribution in [2.24, 2.45) is 0 Å². The number of carbonyl (C=O) groups is 1. The van der Waals surface area contributed by atoms with E-state index in [4.69, 9.17) is 4.74 Å². The molecule has 3 heterocycles. The third kappa shape index (κ3) is 2.78. The van der Waals surface area contributed by atoms with Gasteiger partial charge < -0.3 is 9.64 Å². The second-order valence-electron chi connectivity index (χ2n) is 7.51. The van der Waals surface area contributed by atoms with Crippen LogP contribution in [-0.4, -0.2) is 39.5 Å². The van der Waals surface area contributed by atoms with E-state index in [1.807, 2.05) is 25.5 Å². The van der Waals surface area contributed by atoms with E-state index in [1.54, 1.807) is 11.0 Å². The molecule has 1 saturated heterocycles. The highest BCUT2D eigenvalue weighted by Gasteiger charge is 2.42. The van der Waals surface area contributed by atoms with Crippen LogP contribution in [0.3, 0.4) is 0 Å². The summed E-state index contributed by atoms with van der Waals surface area (Å²) in [6.45, 7) is 7.92. The van der Waals surface area contributed by atoms with Gasteiger partial charge in [-0.05, 0) is 46.5 Å². The minimum atomic E-state index is -0.460. The molecule has 0 radical (unpaired) electrons. The van der Waals surface area contributed by atoms with Gasteiger partial charge in [0, 0.05) is 36.8 Å². The predicted octanol–water partition coefficient (Wildman–Crippen LogP) is 2.24. The van der Waals surface area contributed by atoms with Crippen LogP contribution in [-0.2, 0) is 16.7 Å². The number of ether oxygens (including phenoxy) is 1. The first kappa shape index (κ1) is 15.2. The molecule has 1 N–H and O–H groups in total. The monoisotopic (exact) mass is 307 g/mol. The fourth-order valence-corrected chi connectivity index (χ4v) is 3.70. The largest absolute Gasteiger partial charge is 0.444 e. The van der Waals surface area contributed by atoms with E-state index >= 15 is 0 Å². The lowest BCUT2D eigenvalue weighted by atomic mass is 9.71. The van der Waals surface area contributed by atoms with E-state index in [0.717, 1.165) is 37.9 Å². The molecule has 1 spiro atoms. The number of H-pyrrole nitrogens is 1. The molecule has 122 valence electrons. The highest BCUT2D eigenvalue weighted by atomic mass is 16.6. The second-order valence-corrected chi connectivity index (χ2v) is 7.51. The number of fused-ring (bicyclic) bond motifs is 2. The highest BCUT2D eigenvalue weighted by Crippen LogP contribution is 2.41. The Bertz CT molecular complexity index is 615. The molecule has 0 aliphatic carbocycles. The summed E-state index contributed by atoms with van der Waals surface area (Å²) in [5.74, 6) is 0. The number of nitrogens with one attached hydrogen (secondary N) is 1. The molecular weight excluding hydrogens is 282 g/mol. The van der Waals surface area contributed by atoms with Crippen molar-refractivity contribution in [2.75, 3.05) is 13.1 Å². The van der Waals surface area contributed by atoms with Crippen molar-refractivity contribution in [3.63, 3.8) is 0 Å². The van der Waals surface area contributed by atoms with Gasteiger partial charge in [-0.2, -0.15) is 0 Å². The first-order valence-corrected chi connectivity index (χ1v) is 8.07. The van der Waals surface area contributed by atoms with Crippen molar-refractivity contribution in [3.8, 4) is 0 Å². The lowest BCUT2D eigenvalue weighted by molar-refractivity contribution is 0.0144. The number of nitrogens with zero attached hydrogens (tertiary/aromatic N) is 2. The van der Waals surface area contributed by atoms with Gasteiger partial charge in [-0.1, -0.05) is 0 Å². The van der Waals surface area contributed by atoms with Crippen molar-refractivity contribution >= 4 is 6.09 Å². The van der Waals surface area contributed by atoms with E-state index in [0.29, 0.717) is 13.1 Å². The van der Waals surface area contributed by atoms with Crippen molar-refractivity contribution in [3.05, 3.63) is 22.1 Å². The Hall–Kier alpha value is -1.72. The molecule has 0 saturated carbocycles. The standard InChI is InChI=1S/C16H25N3O3/c1-15(2,3)22-14(21)18-9-6-16(7-10-18)5-4-8-19-12(16)11-13(20)17-19/h11H,4-10H2,1-3H3,(H,17,20). The van der Waals surface area contributed by atoms with Gasteiger partial charge in [0.2, 0.25) is 0 Å². The van der Waals surface area contributed by atoms with Crippen LogP contribution >= 0.6 is 0 Å². The summed E-state index contributed by atoms with van der Waals surface area (Å²) >= 11 is 0. The van der Waals surface area contributed by atoms with Crippen LogP contribution in [0.1, 0.15) is 52.1 Å². The number of hydrogen-bond acceptors (Lipinski definition) is 3. The molecule has 1 aromatic rings. The Morgan fingerprint density at radius 2 is 1.91 bits per heavy atom. The van der Waals surface area contributed by atoms with Gasteiger partial charge in [0.1, 0.15) is 5.60 Å². The summed E-state index contributed by atoms with van der Waals surface area (Å²) in [4.78, 5) is 25.6.